The van der Waals surface area contributed by atoms with E-state index in [1.165, 1.54) is 11.0 Å². The molecule has 0 saturated heterocycles. The van der Waals surface area contributed by atoms with Crippen LogP contribution in [0.5, 0.6) is 0 Å². The lowest BCUT2D eigenvalue weighted by molar-refractivity contribution is 0.0988. The summed E-state index contributed by atoms with van der Waals surface area (Å²) < 4.78 is 0. The zero-order valence-electron chi connectivity index (χ0n) is 10.8. The maximum atomic E-state index is 12.1. The third kappa shape index (κ3) is 2.64. The average Bonchev–Trinajstić information content (AvgIpc) is 2.99. The molecule has 0 radical (unpaired) electrons. The third-order valence-electron chi connectivity index (χ3n) is 2.97. The van der Waals surface area contributed by atoms with E-state index in [2.05, 4.69) is 10.2 Å². The van der Waals surface area contributed by atoms with E-state index in [0.29, 0.717) is 12.1 Å². The molecule has 0 aliphatic heterocycles. The normalized spacial score (nSPS) is 10.4. The molecule has 0 amide bonds. The Kier molecular flexibility index (Phi) is 3.37. The first kappa shape index (κ1) is 12.3. The zero-order chi connectivity index (χ0) is 13.8. The smallest absolute Gasteiger partial charge is 0.189 e. The number of aromatic nitrogens is 3. The van der Waals surface area contributed by atoms with Gasteiger partial charge in [-0.3, -0.25) is 4.79 Å². The molecule has 4 nitrogen and oxygen atoms in total. The van der Waals surface area contributed by atoms with E-state index < -0.39 is 0 Å². The number of nitrogens with zero attached hydrogens (tertiary/aromatic N) is 3. The van der Waals surface area contributed by atoms with Gasteiger partial charge >= 0.3 is 0 Å². The van der Waals surface area contributed by atoms with Gasteiger partial charge in [0.1, 0.15) is 5.69 Å². The fraction of sp³-hybridized carbons (Fsp3) is 0.0625. The van der Waals surface area contributed by atoms with E-state index in [4.69, 9.17) is 0 Å². The first-order valence-corrected chi connectivity index (χ1v) is 6.38. The van der Waals surface area contributed by atoms with Crippen molar-refractivity contribution in [1.29, 1.82) is 0 Å². The molecule has 4 heteroatoms. The minimum Gasteiger partial charge on any atom is -0.292 e. The lowest BCUT2D eigenvalue weighted by Gasteiger charge is -1.98. The number of hydrogen-bond donors (Lipinski definition) is 0. The van der Waals surface area contributed by atoms with Crippen molar-refractivity contribution in [1.82, 2.24) is 15.0 Å². The highest BCUT2D eigenvalue weighted by atomic mass is 16.1. The summed E-state index contributed by atoms with van der Waals surface area (Å²) in [5.41, 5.74) is 2.20. The Morgan fingerprint density at radius 3 is 2.30 bits per heavy atom. The van der Waals surface area contributed by atoms with Crippen molar-refractivity contribution >= 4 is 5.78 Å². The van der Waals surface area contributed by atoms with Crippen molar-refractivity contribution in [3.05, 3.63) is 78.1 Å². The van der Waals surface area contributed by atoms with E-state index in [9.17, 15) is 4.79 Å². The van der Waals surface area contributed by atoms with Crippen LogP contribution in [0.2, 0.25) is 0 Å². The van der Waals surface area contributed by atoms with Crippen molar-refractivity contribution in [2.24, 2.45) is 0 Å². The molecule has 0 aliphatic rings. The average molecular weight is 263 g/mol. The van der Waals surface area contributed by atoms with Crippen LogP contribution in [0.4, 0.5) is 0 Å². The zero-order valence-corrected chi connectivity index (χ0v) is 10.8. The number of ketones is 1. The molecule has 3 aromatic rings. The quantitative estimate of drug-likeness (QED) is 0.680. The largest absolute Gasteiger partial charge is 0.292 e. The second-order valence-electron chi connectivity index (χ2n) is 4.44. The minimum absolute atomic E-state index is 0.0293. The van der Waals surface area contributed by atoms with Crippen molar-refractivity contribution in [3.8, 4) is 5.69 Å². The maximum absolute atomic E-state index is 12.1. The van der Waals surface area contributed by atoms with E-state index in [1.807, 2.05) is 60.7 Å². The third-order valence-corrected chi connectivity index (χ3v) is 2.97. The number of hydrogen-bond acceptors (Lipinski definition) is 3. The Balaban J connectivity index is 1.79. The number of carbonyl (C=O) groups is 1. The van der Waals surface area contributed by atoms with Crippen LogP contribution in [-0.4, -0.2) is 20.8 Å². The summed E-state index contributed by atoms with van der Waals surface area (Å²) in [5.74, 6) is -0.0293. The summed E-state index contributed by atoms with van der Waals surface area (Å²) in [6.07, 6.45) is 1.85. The summed E-state index contributed by atoms with van der Waals surface area (Å²) >= 11 is 0. The van der Waals surface area contributed by atoms with Crippen LogP contribution >= 0.6 is 0 Å². The lowest BCUT2D eigenvalue weighted by atomic mass is 10.1. The van der Waals surface area contributed by atoms with Gasteiger partial charge in [-0.05, 0) is 17.7 Å². The molecule has 0 atom stereocenters. The van der Waals surface area contributed by atoms with Crippen LogP contribution in [0.1, 0.15) is 16.1 Å². The van der Waals surface area contributed by atoms with Crippen molar-refractivity contribution < 1.29 is 4.79 Å². The van der Waals surface area contributed by atoms with Crippen LogP contribution in [0.25, 0.3) is 5.69 Å². The van der Waals surface area contributed by atoms with Gasteiger partial charge in [0.15, 0.2) is 5.78 Å². The summed E-state index contributed by atoms with van der Waals surface area (Å²) in [7, 11) is 0. The molecule has 0 aliphatic carbocycles. The molecule has 1 heterocycles. The summed E-state index contributed by atoms with van der Waals surface area (Å²) in [6, 6.07) is 19.2. The van der Waals surface area contributed by atoms with Gasteiger partial charge in [0, 0.05) is 6.42 Å². The van der Waals surface area contributed by atoms with Gasteiger partial charge in [0.05, 0.1) is 11.9 Å². The van der Waals surface area contributed by atoms with E-state index >= 15 is 0 Å². The Morgan fingerprint density at radius 2 is 1.60 bits per heavy atom. The summed E-state index contributed by atoms with van der Waals surface area (Å²) in [6.45, 7) is 0. The van der Waals surface area contributed by atoms with Crippen molar-refractivity contribution in [2.75, 3.05) is 0 Å². The molecule has 0 bridgehead atoms. The fourth-order valence-electron chi connectivity index (χ4n) is 1.95. The monoisotopic (exact) mass is 263 g/mol. The molecule has 0 fully saturated rings. The van der Waals surface area contributed by atoms with Crippen LogP contribution in [-0.2, 0) is 6.42 Å². The molecule has 1 aromatic heterocycles. The van der Waals surface area contributed by atoms with Crippen LogP contribution < -0.4 is 0 Å². The Morgan fingerprint density at radius 1 is 0.950 bits per heavy atom. The molecule has 0 unspecified atom stereocenters. The van der Waals surface area contributed by atoms with Gasteiger partial charge < -0.3 is 0 Å². The van der Waals surface area contributed by atoms with Crippen LogP contribution in [0.15, 0.2) is 66.9 Å². The fourth-order valence-corrected chi connectivity index (χ4v) is 1.95. The molecular weight excluding hydrogens is 250 g/mol. The molecule has 2 aromatic carbocycles. The standard InChI is InChI=1S/C16H13N3O/c20-16(11-13-7-3-1-4-8-13)15-12-17-19(18-15)14-9-5-2-6-10-14/h1-10,12H,11H2. The van der Waals surface area contributed by atoms with Crippen LogP contribution in [0.3, 0.4) is 0 Å². The topological polar surface area (TPSA) is 47.8 Å². The number of para-hydroxylation sites is 1. The van der Waals surface area contributed by atoms with E-state index in [0.717, 1.165) is 11.3 Å². The minimum atomic E-state index is -0.0293. The first-order chi connectivity index (χ1) is 9.83. The van der Waals surface area contributed by atoms with Gasteiger partial charge in [0.2, 0.25) is 0 Å². The van der Waals surface area contributed by atoms with Gasteiger partial charge in [-0.25, -0.2) is 0 Å². The molecule has 98 valence electrons. The summed E-state index contributed by atoms with van der Waals surface area (Å²) in [4.78, 5) is 13.6. The summed E-state index contributed by atoms with van der Waals surface area (Å²) in [5, 5.41) is 8.37. The number of benzene rings is 2. The molecular formula is C16H13N3O. The molecule has 20 heavy (non-hydrogen) atoms. The Labute approximate surface area is 116 Å². The second kappa shape index (κ2) is 5.48. The van der Waals surface area contributed by atoms with Crippen molar-refractivity contribution in [2.45, 2.75) is 6.42 Å². The predicted octanol–water partition coefficient (Wildman–Crippen LogP) is 2.69. The molecule has 3 rings (SSSR count). The number of rotatable bonds is 4. The van der Waals surface area contributed by atoms with Crippen LogP contribution in [0, 0.1) is 0 Å². The Hall–Kier alpha value is -2.75. The highest BCUT2D eigenvalue weighted by Crippen LogP contribution is 2.07. The van der Waals surface area contributed by atoms with Gasteiger partial charge in [-0.15, -0.1) is 5.10 Å². The Bertz CT molecular complexity index is 705. The second-order valence-corrected chi connectivity index (χ2v) is 4.44. The number of Topliss-reactive ketones (excluding diaryl/α,β-unsaturated/α-hetero) is 1. The molecule has 0 saturated carbocycles. The highest BCUT2D eigenvalue weighted by Gasteiger charge is 2.12. The molecule has 0 N–H and O–H groups in total. The lowest BCUT2D eigenvalue weighted by Crippen LogP contribution is -2.06. The predicted molar refractivity (Wildman–Crippen MR) is 75.8 cm³/mol. The van der Waals surface area contributed by atoms with Crippen molar-refractivity contribution in [3.63, 3.8) is 0 Å². The highest BCUT2D eigenvalue weighted by molar-refractivity contribution is 5.95. The van der Waals surface area contributed by atoms with Gasteiger partial charge in [-0.1, -0.05) is 48.5 Å². The maximum Gasteiger partial charge on any atom is 0.189 e. The van der Waals surface area contributed by atoms with Gasteiger partial charge in [0.25, 0.3) is 0 Å². The van der Waals surface area contributed by atoms with Gasteiger partial charge in [-0.2, -0.15) is 9.90 Å². The van der Waals surface area contributed by atoms with E-state index in [1.54, 1.807) is 0 Å². The number of carbonyl (C=O) groups excluding carboxylic acids is 1. The SMILES string of the molecule is O=C(Cc1ccccc1)c1cnn(-c2ccccc2)n1. The molecule has 0 spiro atoms. The first-order valence-electron chi connectivity index (χ1n) is 6.38. The van der Waals surface area contributed by atoms with E-state index in [-0.39, 0.29) is 5.78 Å².